The van der Waals surface area contributed by atoms with Crippen LogP contribution < -0.4 is 14.8 Å². The molecule has 1 amide bonds. The first-order chi connectivity index (χ1) is 15.3. The predicted molar refractivity (Wildman–Crippen MR) is 121 cm³/mol. The van der Waals surface area contributed by atoms with E-state index in [0.29, 0.717) is 44.3 Å². The van der Waals surface area contributed by atoms with E-state index in [-0.39, 0.29) is 17.4 Å². The number of carbonyl (C=O) groups excluding carboxylic acids is 1. The molecule has 1 aliphatic heterocycles. The third-order valence-corrected chi connectivity index (χ3v) is 7.03. The van der Waals surface area contributed by atoms with Gasteiger partial charge in [0.15, 0.2) is 6.10 Å². The first-order valence-corrected chi connectivity index (χ1v) is 12.0. The molecule has 1 saturated heterocycles. The molecule has 0 saturated carbocycles. The molecule has 1 fully saturated rings. The van der Waals surface area contributed by atoms with Gasteiger partial charge in [0.1, 0.15) is 18.1 Å². The Morgan fingerprint density at radius 2 is 1.81 bits per heavy atom. The lowest BCUT2D eigenvalue weighted by molar-refractivity contribution is -0.127. The van der Waals surface area contributed by atoms with Crippen molar-refractivity contribution in [2.45, 2.75) is 31.8 Å². The summed E-state index contributed by atoms with van der Waals surface area (Å²) in [6.45, 7) is 7.67. The van der Waals surface area contributed by atoms with Crippen molar-refractivity contribution in [1.29, 1.82) is 0 Å². The minimum Gasteiger partial charge on any atom is -0.492 e. The fraction of sp³-hybridized carbons (Fsp3) is 0.435. The molecule has 3 rings (SSSR count). The van der Waals surface area contributed by atoms with Gasteiger partial charge in [0.05, 0.1) is 24.7 Å². The van der Waals surface area contributed by atoms with E-state index >= 15 is 0 Å². The Bertz CT molecular complexity index is 1020. The second-order valence-corrected chi connectivity index (χ2v) is 9.59. The fourth-order valence-electron chi connectivity index (χ4n) is 3.21. The highest BCUT2D eigenvalue weighted by atomic mass is 32.2. The summed E-state index contributed by atoms with van der Waals surface area (Å²) in [5.74, 6) is 0.984. The van der Waals surface area contributed by atoms with Gasteiger partial charge in [-0.15, -0.1) is 0 Å². The standard InChI is InChI=1S/C23H30N2O6S/c1-17-4-5-18(2)22(16-17)31-19(3)23(26)24-10-13-30-20-6-8-21(9-7-20)32(27,28)25-11-14-29-15-12-25/h4-9,16,19H,10-15H2,1-3H3,(H,24,26)/t19-/m0/s1. The number of hydrogen-bond donors (Lipinski definition) is 1. The van der Waals surface area contributed by atoms with E-state index in [2.05, 4.69) is 5.32 Å². The van der Waals surface area contributed by atoms with Crippen LogP contribution in [-0.2, 0) is 19.6 Å². The number of nitrogens with zero attached hydrogens (tertiary/aromatic N) is 1. The topological polar surface area (TPSA) is 94.2 Å². The highest BCUT2D eigenvalue weighted by molar-refractivity contribution is 7.89. The molecule has 1 aliphatic rings. The number of amides is 1. The van der Waals surface area contributed by atoms with E-state index in [0.717, 1.165) is 11.1 Å². The summed E-state index contributed by atoms with van der Waals surface area (Å²) in [5, 5.41) is 2.78. The summed E-state index contributed by atoms with van der Waals surface area (Å²) < 4.78 is 43.3. The number of rotatable bonds is 9. The number of ether oxygens (including phenoxy) is 3. The second-order valence-electron chi connectivity index (χ2n) is 7.66. The summed E-state index contributed by atoms with van der Waals surface area (Å²) in [6, 6.07) is 12.1. The minimum atomic E-state index is -3.53. The van der Waals surface area contributed by atoms with Crippen molar-refractivity contribution in [2.75, 3.05) is 39.5 Å². The lowest BCUT2D eigenvalue weighted by Crippen LogP contribution is -2.40. The molecule has 1 heterocycles. The molecule has 1 atom stereocenters. The van der Waals surface area contributed by atoms with Crippen LogP contribution in [0.5, 0.6) is 11.5 Å². The van der Waals surface area contributed by atoms with Crippen molar-refractivity contribution >= 4 is 15.9 Å². The molecule has 0 aliphatic carbocycles. The average Bonchev–Trinajstić information content (AvgIpc) is 2.80. The number of nitrogens with one attached hydrogen (secondary N) is 1. The first kappa shape index (κ1) is 24.0. The number of carbonyl (C=O) groups is 1. The second kappa shape index (κ2) is 10.8. The SMILES string of the molecule is Cc1ccc(C)c(O[C@@H](C)C(=O)NCCOc2ccc(S(=O)(=O)N3CCOCC3)cc2)c1. The van der Waals surface area contributed by atoms with Gasteiger partial charge in [0, 0.05) is 13.1 Å². The minimum absolute atomic E-state index is 0.220. The Morgan fingerprint density at radius 1 is 1.12 bits per heavy atom. The molecule has 1 N–H and O–H groups in total. The Kier molecular flexibility index (Phi) is 8.11. The zero-order valence-corrected chi connectivity index (χ0v) is 19.5. The quantitative estimate of drug-likeness (QED) is 0.575. The zero-order valence-electron chi connectivity index (χ0n) is 18.7. The normalized spacial score (nSPS) is 15.7. The van der Waals surface area contributed by atoms with Crippen LogP contribution in [0, 0.1) is 13.8 Å². The smallest absolute Gasteiger partial charge is 0.260 e. The summed E-state index contributed by atoms with van der Waals surface area (Å²) >= 11 is 0. The highest BCUT2D eigenvalue weighted by Crippen LogP contribution is 2.21. The summed E-state index contributed by atoms with van der Waals surface area (Å²) in [6.07, 6.45) is -0.639. The van der Waals surface area contributed by atoms with Gasteiger partial charge in [-0.3, -0.25) is 4.79 Å². The molecule has 8 nitrogen and oxygen atoms in total. The fourth-order valence-corrected chi connectivity index (χ4v) is 4.62. The van der Waals surface area contributed by atoms with E-state index in [1.54, 1.807) is 19.1 Å². The average molecular weight is 463 g/mol. The van der Waals surface area contributed by atoms with E-state index in [1.807, 2.05) is 32.0 Å². The van der Waals surface area contributed by atoms with Crippen molar-refractivity contribution in [2.24, 2.45) is 0 Å². The molecule has 174 valence electrons. The molecule has 0 bridgehead atoms. The maximum Gasteiger partial charge on any atom is 0.260 e. The monoisotopic (exact) mass is 462 g/mol. The van der Waals surface area contributed by atoms with Crippen LogP contribution >= 0.6 is 0 Å². The third-order valence-electron chi connectivity index (χ3n) is 5.12. The lowest BCUT2D eigenvalue weighted by atomic mass is 10.1. The predicted octanol–water partition coefficient (Wildman–Crippen LogP) is 2.29. The van der Waals surface area contributed by atoms with Crippen molar-refractivity contribution in [3.8, 4) is 11.5 Å². The van der Waals surface area contributed by atoms with Gasteiger partial charge in [0.25, 0.3) is 5.91 Å². The molecular weight excluding hydrogens is 432 g/mol. The Morgan fingerprint density at radius 3 is 2.50 bits per heavy atom. The van der Waals surface area contributed by atoms with Gasteiger partial charge in [-0.2, -0.15) is 4.31 Å². The molecule has 0 radical (unpaired) electrons. The number of aryl methyl sites for hydroxylation is 2. The van der Waals surface area contributed by atoms with Gasteiger partial charge in [-0.05, 0) is 62.2 Å². The molecule has 2 aromatic carbocycles. The molecule has 0 spiro atoms. The van der Waals surface area contributed by atoms with Crippen molar-refractivity contribution in [1.82, 2.24) is 9.62 Å². The molecule has 9 heteroatoms. The van der Waals surface area contributed by atoms with Crippen LogP contribution in [-0.4, -0.2) is 64.2 Å². The van der Waals surface area contributed by atoms with E-state index < -0.39 is 16.1 Å². The number of hydrogen-bond acceptors (Lipinski definition) is 6. The van der Waals surface area contributed by atoms with Gasteiger partial charge in [-0.25, -0.2) is 8.42 Å². The van der Waals surface area contributed by atoms with E-state index in [1.165, 1.54) is 16.4 Å². The van der Waals surface area contributed by atoms with E-state index in [4.69, 9.17) is 14.2 Å². The number of benzene rings is 2. The van der Waals surface area contributed by atoms with Crippen LogP contribution in [0.15, 0.2) is 47.4 Å². The van der Waals surface area contributed by atoms with Crippen LogP contribution in [0.1, 0.15) is 18.1 Å². The van der Waals surface area contributed by atoms with Crippen LogP contribution in [0.3, 0.4) is 0 Å². The zero-order chi connectivity index (χ0) is 23.1. The van der Waals surface area contributed by atoms with Crippen LogP contribution in [0.4, 0.5) is 0 Å². The van der Waals surface area contributed by atoms with Crippen molar-refractivity contribution in [3.05, 3.63) is 53.6 Å². The highest BCUT2D eigenvalue weighted by Gasteiger charge is 2.26. The lowest BCUT2D eigenvalue weighted by Gasteiger charge is -2.26. The van der Waals surface area contributed by atoms with Crippen LogP contribution in [0.25, 0.3) is 0 Å². The Hall–Kier alpha value is -2.62. The van der Waals surface area contributed by atoms with Gasteiger partial charge < -0.3 is 19.5 Å². The number of sulfonamides is 1. The first-order valence-electron chi connectivity index (χ1n) is 10.6. The maximum absolute atomic E-state index is 12.6. The molecule has 0 aromatic heterocycles. The number of morpholine rings is 1. The molecule has 32 heavy (non-hydrogen) atoms. The van der Waals surface area contributed by atoms with Crippen LogP contribution in [0.2, 0.25) is 0 Å². The van der Waals surface area contributed by atoms with E-state index in [9.17, 15) is 13.2 Å². The molecular formula is C23H30N2O6S. The van der Waals surface area contributed by atoms with Crippen molar-refractivity contribution in [3.63, 3.8) is 0 Å². The van der Waals surface area contributed by atoms with Gasteiger partial charge in [0.2, 0.25) is 10.0 Å². The van der Waals surface area contributed by atoms with Gasteiger partial charge in [-0.1, -0.05) is 12.1 Å². The maximum atomic E-state index is 12.6. The summed E-state index contributed by atoms with van der Waals surface area (Å²) in [4.78, 5) is 12.5. The Labute approximate surface area is 189 Å². The molecule has 2 aromatic rings. The summed E-state index contributed by atoms with van der Waals surface area (Å²) in [7, 11) is -3.53. The largest absolute Gasteiger partial charge is 0.492 e. The van der Waals surface area contributed by atoms with Crippen molar-refractivity contribution < 1.29 is 27.4 Å². The molecule has 0 unspecified atom stereocenters. The third kappa shape index (κ3) is 6.21. The Balaban J connectivity index is 1.44. The van der Waals surface area contributed by atoms with Gasteiger partial charge >= 0.3 is 0 Å². The summed E-state index contributed by atoms with van der Waals surface area (Å²) in [5.41, 5.74) is 2.04.